The number of benzene rings is 2. The lowest BCUT2D eigenvalue weighted by Crippen LogP contribution is -2.45. The molecular weight excluding hydrogens is 733 g/mol. The summed E-state index contributed by atoms with van der Waals surface area (Å²) in [6.07, 6.45) is 1.39. The number of halogens is 2. The molecule has 0 fully saturated rings. The minimum absolute atomic E-state index is 0.0184. The number of ketones is 2. The fraction of sp³-hybridized carbons (Fsp3) is 0.424. The van der Waals surface area contributed by atoms with Gasteiger partial charge in [0.25, 0.3) is 0 Å². The van der Waals surface area contributed by atoms with E-state index in [1.54, 1.807) is 24.0 Å². The smallest absolute Gasteiger partial charge is 0.339 e. The van der Waals surface area contributed by atoms with Crippen LogP contribution in [-0.2, 0) is 24.5 Å². The molecule has 240 valence electrons. The van der Waals surface area contributed by atoms with E-state index in [0.717, 1.165) is 0 Å². The van der Waals surface area contributed by atoms with Crippen LogP contribution in [0.5, 0.6) is 11.5 Å². The molecule has 2 aromatic carbocycles. The van der Waals surface area contributed by atoms with Crippen LogP contribution in [0.3, 0.4) is 0 Å². The highest BCUT2D eigenvalue weighted by molar-refractivity contribution is 14.1. The fourth-order valence-electron chi connectivity index (χ4n) is 6.56. The van der Waals surface area contributed by atoms with E-state index in [0.29, 0.717) is 49.5 Å². The molecule has 2 aromatic rings. The number of nitrogens with zero attached hydrogens (tertiary/aromatic N) is 1. The Labute approximate surface area is 281 Å². The number of hydrogen-bond acceptors (Lipinski definition) is 8. The van der Waals surface area contributed by atoms with E-state index in [9.17, 15) is 27.9 Å². The van der Waals surface area contributed by atoms with Crippen LogP contribution < -0.4 is 8.92 Å². The minimum atomic E-state index is -4.26. The lowest BCUT2D eigenvalue weighted by Gasteiger charge is -2.48. The van der Waals surface area contributed by atoms with Crippen molar-refractivity contribution in [3.05, 3.63) is 73.1 Å². The molecule has 0 saturated carbocycles. The number of carboxylic acids is 1. The summed E-state index contributed by atoms with van der Waals surface area (Å²) in [5.41, 5.74) is 1.78. The summed E-state index contributed by atoms with van der Waals surface area (Å²) >= 11 is 7.91. The average Bonchev–Trinajstić information content (AvgIpc) is 2.90. The molecule has 45 heavy (non-hydrogen) atoms. The number of carbonyl (C=O) groups is 3. The molecule has 0 unspecified atom stereocenters. The summed E-state index contributed by atoms with van der Waals surface area (Å²) in [5, 5.41) is 10.3. The molecule has 1 N–H and O–H groups in total. The molecule has 1 heterocycles. The highest BCUT2D eigenvalue weighted by Gasteiger charge is 2.49. The van der Waals surface area contributed by atoms with Crippen LogP contribution in [0.15, 0.2) is 63.8 Å². The van der Waals surface area contributed by atoms with Crippen molar-refractivity contribution in [2.75, 3.05) is 13.2 Å². The first-order valence-corrected chi connectivity index (χ1v) is 17.5. The zero-order valence-electron chi connectivity index (χ0n) is 25.7. The van der Waals surface area contributed by atoms with E-state index in [2.05, 4.69) is 0 Å². The molecule has 3 aliphatic rings. The molecule has 0 aromatic heterocycles. The number of ether oxygens (including phenoxy) is 1. The van der Waals surface area contributed by atoms with Gasteiger partial charge in [0.1, 0.15) is 11.4 Å². The van der Waals surface area contributed by atoms with Gasteiger partial charge in [0.15, 0.2) is 23.1 Å². The highest BCUT2D eigenvalue weighted by atomic mass is 127. The maximum absolute atomic E-state index is 14.0. The third kappa shape index (κ3) is 6.66. The van der Waals surface area contributed by atoms with Gasteiger partial charge >= 0.3 is 16.1 Å². The fourth-order valence-corrected chi connectivity index (χ4v) is 8.53. The Kier molecular flexibility index (Phi) is 8.95. The SMILES string of the molecule is CCOc1cc(C2C3=C(CC(C)(C)CC3=O)N(CC(=O)O)C3=C2C(=O)CC(C)(C)C3)cc(I)c1OS(=O)(=O)c1ccc(Cl)cc1. The van der Waals surface area contributed by atoms with Crippen molar-refractivity contribution in [3.63, 3.8) is 0 Å². The normalized spacial score (nSPS) is 19.8. The molecule has 0 amide bonds. The van der Waals surface area contributed by atoms with Gasteiger partial charge in [-0.15, -0.1) is 0 Å². The second-order valence-electron chi connectivity index (χ2n) is 13.3. The lowest BCUT2D eigenvalue weighted by molar-refractivity contribution is -0.138. The second kappa shape index (κ2) is 12.0. The summed E-state index contributed by atoms with van der Waals surface area (Å²) in [5.74, 6) is -2.01. The van der Waals surface area contributed by atoms with Gasteiger partial charge in [0.05, 0.1) is 10.2 Å². The Morgan fingerprint density at radius 2 is 1.51 bits per heavy atom. The first-order valence-electron chi connectivity index (χ1n) is 14.6. The van der Waals surface area contributed by atoms with Crippen molar-refractivity contribution < 1.29 is 36.8 Å². The van der Waals surface area contributed by atoms with Crippen LogP contribution in [0.2, 0.25) is 5.02 Å². The molecule has 12 heteroatoms. The van der Waals surface area contributed by atoms with Gasteiger partial charge < -0.3 is 18.9 Å². The summed E-state index contributed by atoms with van der Waals surface area (Å²) in [6, 6.07) is 8.94. The Bertz CT molecular complexity index is 1720. The van der Waals surface area contributed by atoms with E-state index >= 15 is 0 Å². The molecule has 9 nitrogen and oxygen atoms in total. The summed E-state index contributed by atoms with van der Waals surface area (Å²) in [7, 11) is -4.26. The zero-order valence-corrected chi connectivity index (χ0v) is 29.4. The maximum Gasteiger partial charge on any atom is 0.339 e. The Hall–Kier alpha value is -2.90. The van der Waals surface area contributed by atoms with Gasteiger partial charge in [-0.1, -0.05) is 39.3 Å². The predicted molar refractivity (Wildman–Crippen MR) is 177 cm³/mol. The van der Waals surface area contributed by atoms with Crippen LogP contribution in [0, 0.1) is 14.4 Å². The first-order chi connectivity index (χ1) is 20.9. The summed E-state index contributed by atoms with van der Waals surface area (Å²) in [6.45, 7) is 9.49. The van der Waals surface area contributed by atoms with E-state index in [-0.39, 0.29) is 54.0 Å². The summed E-state index contributed by atoms with van der Waals surface area (Å²) in [4.78, 5) is 41.7. The third-order valence-corrected chi connectivity index (χ3v) is 10.6. The van der Waals surface area contributed by atoms with E-state index < -0.39 is 32.8 Å². The molecule has 2 aliphatic carbocycles. The Morgan fingerprint density at radius 3 is 2.00 bits per heavy atom. The van der Waals surface area contributed by atoms with Crippen molar-refractivity contribution in [1.29, 1.82) is 0 Å². The van der Waals surface area contributed by atoms with Gasteiger partial charge in [-0.3, -0.25) is 14.4 Å². The number of hydrogen-bond donors (Lipinski definition) is 1. The van der Waals surface area contributed by atoms with Gasteiger partial charge in [-0.05, 0) is 95.1 Å². The van der Waals surface area contributed by atoms with Crippen LogP contribution >= 0.6 is 34.2 Å². The monoisotopic (exact) mass is 767 g/mol. The molecule has 0 bridgehead atoms. The van der Waals surface area contributed by atoms with Crippen molar-refractivity contribution in [2.24, 2.45) is 10.8 Å². The number of aliphatic carboxylic acids is 1. The van der Waals surface area contributed by atoms with Crippen molar-refractivity contribution in [1.82, 2.24) is 4.90 Å². The van der Waals surface area contributed by atoms with E-state index in [4.69, 9.17) is 20.5 Å². The minimum Gasteiger partial charge on any atom is -0.490 e. The van der Waals surface area contributed by atoms with Crippen LogP contribution in [0.4, 0.5) is 0 Å². The molecule has 0 atom stereocenters. The summed E-state index contributed by atoms with van der Waals surface area (Å²) < 4.78 is 38.4. The van der Waals surface area contributed by atoms with Crippen molar-refractivity contribution >= 4 is 61.8 Å². The standard InChI is InChI=1S/C33H35ClINO8S/c1-6-43-26-12-18(11-21(35)31(26)44-45(41,42)20-9-7-19(34)8-10-20)28-29-22(13-32(2,3)15-24(29)37)36(17-27(39)40)23-14-33(4,5)16-25(38)30(23)28/h7-12,28H,6,13-17H2,1-5H3,(H,39,40). The van der Waals surface area contributed by atoms with Crippen LogP contribution in [0.1, 0.15) is 71.8 Å². The number of rotatable bonds is 8. The van der Waals surface area contributed by atoms with Crippen LogP contribution in [-0.4, -0.2) is 49.1 Å². The molecule has 1 aliphatic heterocycles. The van der Waals surface area contributed by atoms with Crippen molar-refractivity contribution in [3.8, 4) is 11.5 Å². The van der Waals surface area contributed by atoms with Gasteiger partial charge in [-0.25, -0.2) is 0 Å². The van der Waals surface area contributed by atoms with Gasteiger partial charge in [0, 0.05) is 46.3 Å². The van der Waals surface area contributed by atoms with E-state index in [1.165, 1.54) is 24.3 Å². The average molecular weight is 768 g/mol. The van der Waals surface area contributed by atoms with E-state index in [1.807, 2.05) is 50.3 Å². The third-order valence-electron chi connectivity index (χ3n) is 8.28. The highest BCUT2D eigenvalue weighted by Crippen LogP contribution is 2.55. The number of Topliss-reactive ketones (excluding diaryl/α,β-unsaturated/α-hetero) is 2. The first kappa shape index (κ1) is 33.5. The maximum atomic E-state index is 14.0. The Balaban J connectivity index is 1.72. The zero-order chi connectivity index (χ0) is 33.1. The molecule has 0 radical (unpaired) electrons. The molecular formula is C33H35ClINO8S. The topological polar surface area (TPSA) is 127 Å². The number of carbonyl (C=O) groups excluding carboxylic acids is 2. The van der Waals surface area contributed by atoms with Gasteiger partial charge in [0.2, 0.25) is 0 Å². The Morgan fingerprint density at radius 1 is 0.978 bits per heavy atom. The largest absolute Gasteiger partial charge is 0.490 e. The predicted octanol–water partition coefficient (Wildman–Crippen LogP) is 6.88. The van der Waals surface area contributed by atoms with Gasteiger partial charge in [-0.2, -0.15) is 8.42 Å². The second-order valence-corrected chi connectivity index (χ2v) is 16.4. The molecule has 0 spiro atoms. The number of allylic oxidation sites excluding steroid dienone is 4. The molecule has 5 rings (SSSR count). The quantitative estimate of drug-likeness (QED) is 0.226. The van der Waals surface area contributed by atoms with Crippen molar-refractivity contribution in [2.45, 2.75) is 71.1 Å². The number of carboxylic acid groups (broad SMARTS) is 1. The van der Waals surface area contributed by atoms with Crippen LogP contribution in [0.25, 0.3) is 0 Å². The molecule has 0 saturated heterocycles. The lowest BCUT2D eigenvalue weighted by atomic mass is 9.63.